The summed E-state index contributed by atoms with van der Waals surface area (Å²) in [5.41, 5.74) is 1.05. The van der Waals surface area contributed by atoms with Gasteiger partial charge in [0.2, 0.25) is 10.0 Å². The third-order valence-corrected chi connectivity index (χ3v) is 6.47. The first kappa shape index (κ1) is 21.4. The number of benzene rings is 2. The Kier molecular flexibility index (Phi) is 7.32. The molecule has 9 heteroatoms. The average molecular weight is 420 g/mol. The molecular weight excluding hydrogens is 394 g/mol. The molecule has 1 saturated heterocycles. The Bertz CT molecular complexity index is 893. The highest BCUT2D eigenvalue weighted by molar-refractivity contribution is 7.89. The standard InChI is InChI=1S/C20H25N3O5S/c24-23(25)20-15-18(21-29(26,27)19-9-5-2-6-10-19)11-12-22(20)13-14-28-16-17-7-3-1-4-8-17/h1-10,18,20-21H,11-16H2. The lowest BCUT2D eigenvalue weighted by atomic mass is 10.0. The monoisotopic (exact) mass is 419 g/mol. The molecule has 2 atom stereocenters. The van der Waals surface area contributed by atoms with Gasteiger partial charge in [0.25, 0.3) is 6.17 Å². The second-order valence-corrected chi connectivity index (χ2v) is 8.71. The minimum Gasteiger partial charge on any atom is -0.375 e. The lowest BCUT2D eigenvalue weighted by molar-refractivity contribution is -0.555. The zero-order chi connectivity index (χ0) is 20.7. The smallest absolute Gasteiger partial charge is 0.270 e. The van der Waals surface area contributed by atoms with Crippen molar-refractivity contribution in [3.8, 4) is 0 Å². The summed E-state index contributed by atoms with van der Waals surface area (Å²) in [6.45, 7) is 1.69. The Hall–Kier alpha value is -2.33. The van der Waals surface area contributed by atoms with Crippen molar-refractivity contribution >= 4 is 10.0 Å². The zero-order valence-electron chi connectivity index (χ0n) is 16.0. The van der Waals surface area contributed by atoms with E-state index in [1.165, 1.54) is 12.1 Å². The highest BCUT2D eigenvalue weighted by Crippen LogP contribution is 2.20. The fourth-order valence-electron chi connectivity index (χ4n) is 3.41. The molecule has 0 saturated carbocycles. The summed E-state index contributed by atoms with van der Waals surface area (Å²) >= 11 is 0. The van der Waals surface area contributed by atoms with E-state index < -0.39 is 22.2 Å². The van der Waals surface area contributed by atoms with Crippen LogP contribution in [0.15, 0.2) is 65.6 Å². The molecule has 8 nitrogen and oxygen atoms in total. The first-order valence-corrected chi connectivity index (χ1v) is 11.0. The Balaban J connectivity index is 1.52. The van der Waals surface area contributed by atoms with Crippen LogP contribution in [0.25, 0.3) is 0 Å². The number of likely N-dealkylation sites (tertiary alicyclic amines) is 1. The number of rotatable bonds is 9. The van der Waals surface area contributed by atoms with Gasteiger partial charge in [0.15, 0.2) is 0 Å². The van der Waals surface area contributed by atoms with E-state index in [1.807, 2.05) is 30.3 Å². The molecule has 0 spiro atoms. The van der Waals surface area contributed by atoms with Crippen molar-refractivity contribution in [2.24, 2.45) is 0 Å². The number of nitrogens with one attached hydrogen (secondary N) is 1. The molecule has 2 aromatic carbocycles. The molecule has 0 radical (unpaired) electrons. The molecule has 0 aromatic heterocycles. The molecule has 1 N–H and O–H groups in total. The summed E-state index contributed by atoms with van der Waals surface area (Å²) in [6, 6.07) is 17.3. The second kappa shape index (κ2) is 9.93. The Morgan fingerprint density at radius 1 is 1.10 bits per heavy atom. The topological polar surface area (TPSA) is 102 Å². The number of piperidine rings is 1. The van der Waals surface area contributed by atoms with Crippen LogP contribution >= 0.6 is 0 Å². The quantitative estimate of drug-likeness (QED) is 0.380. The van der Waals surface area contributed by atoms with Gasteiger partial charge in [-0.25, -0.2) is 18.0 Å². The van der Waals surface area contributed by atoms with Gasteiger partial charge in [-0.2, -0.15) is 0 Å². The Labute approximate surface area is 170 Å². The summed E-state index contributed by atoms with van der Waals surface area (Å²) in [5.74, 6) is 0. The maximum atomic E-state index is 12.5. The molecule has 1 fully saturated rings. The number of hydrogen-bond donors (Lipinski definition) is 1. The summed E-state index contributed by atoms with van der Waals surface area (Å²) in [4.78, 5) is 13.1. The van der Waals surface area contributed by atoms with Gasteiger partial charge in [0.05, 0.1) is 18.1 Å². The van der Waals surface area contributed by atoms with E-state index in [1.54, 1.807) is 23.1 Å². The second-order valence-electron chi connectivity index (χ2n) is 7.00. The van der Waals surface area contributed by atoms with Gasteiger partial charge >= 0.3 is 0 Å². The predicted molar refractivity (Wildman–Crippen MR) is 108 cm³/mol. The van der Waals surface area contributed by atoms with E-state index in [2.05, 4.69) is 4.72 Å². The van der Waals surface area contributed by atoms with Crippen LogP contribution in [-0.2, 0) is 21.4 Å². The molecule has 0 aliphatic carbocycles. The summed E-state index contributed by atoms with van der Waals surface area (Å²) < 4.78 is 33.2. The van der Waals surface area contributed by atoms with Gasteiger partial charge < -0.3 is 4.74 Å². The fourth-order valence-corrected chi connectivity index (χ4v) is 4.72. The van der Waals surface area contributed by atoms with Gasteiger partial charge in [-0.1, -0.05) is 48.5 Å². The van der Waals surface area contributed by atoms with Gasteiger partial charge in [0.1, 0.15) is 0 Å². The molecule has 29 heavy (non-hydrogen) atoms. The molecule has 156 valence electrons. The molecule has 2 unspecified atom stereocenters. The normalized spacial score (nSPS) is 20.4. The first-order valence-electron chi connectivity index (χ1n) is 9.52. The summed E-state index contributed by atoms with van der Waals surface area (Å²) in [6.07, 6.45) is -0.306. The lowest BCUT2D eigenvalue weighted by Gasteiger charge is -2.34. The maximum Gasteiger partial charge on any atom is 0.270 e. The number of sulfonamides is 1. The Morgan fingerprint density at radius 3 is 2.41 bits per heavy atom. The van der Waals surface area contributed by atoms with Crippen molar-refractivity contribution in [1.29, 1.82) is 0 Å². The van der Waals surface area contributed by atoms with E-state index in [9.17, 15) is 18.5 Å². The average Bonchev–Trinajstić information content (AvgIpc) is 2.73. The van der Waals surface area contributed by atoms with Crippen LogP contribution in [0.4, 0.5) is 0 Å². The maximum absolute atomic E-state index is 12.5. The van der Waals surface area contributed by atoms with E-state index in [0.717, 1.165) is 5.56 Å². The van der Waals surface area contributed by atoms with Crippen LogP contribution in [0.3, 0.4) is 0 Å². The molecule has 1 heterocycles. The van der Waals surface area contributed by atoms with Crippen molar-refractivity contribution in [3.05, 3.63) is 76.3 Å². The Morgan fingerprint density at radius 2 is 1.76 bits per heavy atom. The number of nitrogens with zero attached hydrogens (tertiary/aromatic N) is 2. The van der Waals surface area contributed by atoms with Crippen molar-refractivity contribution in [1.82, 2.24) is 9.62 Å². The molecule has 1 aliphatic rings. The molecule has 2 aromatic rings. The van der Waals surface area contributed by atoms with Crippen LogP contribution in [0.5, 0.6) is 0 Å². The summed E-state index contributed by atoms with van der Waals surface area (Å²) in [7, 11) is -3.69. The van der Waals surface area contributed by atoms with E-state index in [4.69, 9.17) is 4.74 Å². The lowest BCUT2D eigenvalue weighted by Crippen LogP contribution is -2.53. The third-order valence-electron chi connectivity index (χ3n) is 4.93. The first-order chi connectivity index (χ1) is 14.0. The predicted octanol–water partition coefficient (Wildman–Crippen LogP) is 2.25. The minimum atomic E-state index is -3.69. The van der Waals surface area contributed by atoms with Crippen LogP contribution in [0.2, 0.25) is 0 Å². The number of nitro groups is 1. The van der Waals surface area contributed by atoms with Crippen LogP contribution in [0.1, 0.15) is 18.4 Å². The van der Waals surface area contributed by atoms with Crippen molar-refractivity contribution < 1.29 is 18.1 Å². The number of hydrogen-bond acceptors (Lipinski definition) is 6. The zero-order valence-corrected chi connectivity index (χ0v) is 16.8. The van der Waals surface area contributed by atoms with Crippen molar-refractivity contribution in [2.75, 3.05) is 19.7 Å². The molecule has 1 aliphatic heterocycles. The fraction of sp³-hybridized carbons (Fsp3) is 0.400. The van der Waals surface area contributed by atoms with Crippen molar-refractivity contribution in [2.45, 2.75) is 36.6 Å². The highest BCUT2D eigenvalue weighted by Gasteiger charge is 2.37. The molecular formula is C20H25N3O5S. The third kappa shape index (κ3) is 6.07. The highest BCUT2D eigenvalue weighted by atomic mass is 32.2. The summed E-state index contributed by atoms with van der Waals surface area (Å²) in [5, 5.41) is 11.5. The molecule has 0 bridgehead atoms. The van der Waals surface area contributed by atoms with Crippen molar-refractivity contribution in [3.63, 3.8) is 0 Å². The largest absolute Gasteiger partial charge is 0.375 e. The van der Waals surface area contributed by atoms with Gasteiger partial charge in [-0.15, -0.1) is 0 Å². The van der Waals surface area contributed by atoms with Gasteiger partial charge in [0, 0.05) is 30.5 Å². The van der Waals surface area contributed by atoms with Crippen LogP contribution in [-0.4, -0.2) is 50.1 Å². The van der Waals surface area contributed by atoms with Gasteiger partial charge in [-0.3, -0.25) is 10.1 Å². The minimum absolute atomic E-state index is 0.123. The molecule has 0 amide bonds. The van der Waals surface area contributed by atoms with Crippen LogP contribution < -0.4 is 4.72 Å². The number of ether oxygens (including phenoxy) is 1. The molecule has 3 rings (SSSR count). The van der Waals surface area contributed by atoms with Crippen LogP contribution in [0, 0.1) is 10.1 Å². The van der Waals surface area contributed by atoms with E-state index >= 15 is 0 Å². The van der Waals surface area contributed by atoms with E-state index in [-0.39, 0.29) is 16.2 Å². The van der Waals surface area contributed by atoms with Gasteiger partial charge in [-0.05, 0) is 24.1 Å². The van der Waals surface area contributed by atoms with E-state index in [0.29, 0.717) is 32.7 Å². The SMILES string of the molecule is O=[N+]([O-])C1CC(NS(=O)(=O)c2ccccc2)CCN1CCOCc1ccccc1.